The molecule has 0 fully saturated rings. The fourth-order valence-corrected chi connectivity index (χ4v) is 2.71. The molecule has 25 heavy (non-hydrogen) atoms. The molecule has 0 saturated heterocycles. The Morgan fingerprint density at radius 1 is 1.00 bits per heavy atom. The van der Waals surface area contributed by atoms with Gasteiger partial charge in [0.1, 0.15) is 5.82 Å². The molecule has 0 aliphatic heterocycles. The van der Waals surface area contributed by atoms with Gasteiger partial charge in [-0.2, -0.15) is 0 Å². The number of carbonyl (C=O) groups is 1. The van der Waals surface area contributed by atoms with E-state index in [-0.39, 0.29) is 5.91 Å². The lowest BCUT2D eigenvalue weighted by Crippen LogP contribution is -2.31. The molecule has 0 bridgehead atoms. The van der Waals surface area contributed by atoms with E-state index < -0.39 is 0 Å². The van der Waals surface area contributed by atoms with Gasteiger partial charge in [-0.25, -0.2) is 10.8 Å². The van der Waals surface area contributed by atoms with E-state index in [1.54, 1.807) is 0 Å². The fraction of sp³-hybridized carbons (Fsp3) is 0.400. The second-order valence-electron chi connectivity index (χ2n) is 6.27. The van der Waals surface area contributed by atoms with Crippen LogP contribution in [0.25, 0.3) is 0 Å². The summed E-state index contributed by atoms with van der Waals surface area (Å²) in [6, 6.07) is 12.8. The number of hydrogen-bond acceptors (Lipinski definition) is 4. The molecule has 0 unspecified atom stereocenters. The van der Waals surface area contributed by atoms with E-state index in [2.05, 4.69) is 53.8 Å². The predicted octanol–water partition coefficient (Wildman–Crippen LogP) is 3.00. The van der Waals surface area contributed by atoms with Crippen molar-refractivity contribution in [1.29, 1.82) is 0 Å². The number of aryl methyl sites for hydroxylation is 2. The van der Waals surface area contributed by atoms with E-state index in [4.69, 9.17) is 5.84 Å². The fourth-order valence-electron chi connectivity index (χ4n) is 2.71. The van der Waals surface area contributed by atoms with Gasteiger partial charge in [0, 0.05) is 12.2 Å². The van der Waals surface area contributed by atoms with Crippen molar-refractivity contribution < 1.29 is 4.79 Å². The highest BCUT2D eigenvalue weighted by Crippen LogP contribution is 2.13. The molecule has 5 nitrogen and oxygen atoms in total. The van der Waals surface area contributed by atoms with Crippen LogP contribution in [0.2, 0.25) is 0 Å². The maximum atomic E-state index is 11.3. The normalized spacial score (nSPS) is 10.7. The van der Waals surface area contributed by atoms with Crippen molar-refractivity contribution in [3.63, 3.8) is 0 Å². The third-order valence-electron chi connectivity index (χ3n) is 4.41. The van der Waals surface area contributed by atoms with E-state index in [0.717, 1.165) is 37.1 Å². The molecule has 1 aromatic heterocycles. The van der Waals surface area contributed by atoms with E-state index in [0.29, 0.717) is 12.5 Å². The van der Waals surface area contributed by atoms with Crippen molar-refractivity contribution in [1.82, 2.24) is 10.4 Å². The SMILES string of the molecule is CCC(CC)Nc1ccc(CCc2ccc(CC(=O)NN)cc2)cn1. The lowest BCUT2D eigenvalue weighted by molar-refractivity contribution is -0.120. The van der Waals surface area contributed by atoms with Gasteiger partial charge in [-0.3, -0.25) is 10.2 Å². The summed E-state index contributed by atoms with van der Waals surface area (Å²) in [5.41, 5.74) is 5.58. The number of nitrogens with zero attached hydrogens (tertiary/aromatic N) is 1. The summed E-state index contributed by atoms with van der Waals surface area (Å²) in [4.78, 5) is 15.8. The Balaban J connectivity index is 1.85. The molecule has 1 amide bonds. The standard InChI is InChI=1S/C20H28N4O/c1-3-18(4-2)23-19-12-11-17(14-22-19)10-7-15-5-8-16(9-6-15)13-20(25)24-21/h5-6,8-9,11-12,14,18H,3-4,7,10,13,21H2,1-2H3,(H,22,23)(H,24,25). The minimum Gasteiger partial charge on any atom is -0.367 e. The summed E-state index contributed by atoms with van der Waals surface area (Å²) in [6.07, 6.45) is 6.35. The van der Waals surface area contributed by atoms with Crippen LogP contribution < -0.4 is 16.6 Å². The van der Waals surface area contributed by atoms with Gasteiger partial charge in [0.15, 0.2) is 0 Å². The van der Waals surface area contributed by atoms with E-state index in [1.807, 2.05) is 18.3 Å². The van der Waals surface area contributed by atoms with Gasteiger partial charge in [-0.05, 0) is 48.4 Å². The van der Waals surface area contributed by atoms with Crippen molar-refractivity contribution in [2.24, 2.45) is 5.84 Å². The lowest BCUT2D eigenvalue weighted by atomic mass is 10.0. The quantitative estimate of drug-likeness (QED) is 0.372. The molecule has 0 aliphatic rings. The van der Waals surface area contributed by atoms with Crippen molar-refractivity contribution in [3.05, 3.63) is 59.3 Å². The number of hydrogen-bond donors (Lipinski definition) is 3. The Labute approximate surface area is 150 Å². The first-order valence-corrected chi connectivity index (χ1v) is 8.93. The van der Waals surface area contributed by atoms with Gasteiger partial charge < -0.3 is 5.32 Å². The number of amides is 1. The maximum absolute atomic E-state index is 11.3. The number of anilines is 1. The summed E-state index contributed by atoms with van der Waals surface area (Å²) in [5.74, 6) is 5.87. The zero-order valence-electron chi connectivity index (χ0n) is 15.1. The average molecular weight is 340 g/mol. The molecule has 2 rings (SSSR count). The second-order valence-corrected chi connectivity index (χ2v) is 6.27. The first-order chi connectivity index (χ1) is 12.1. The van der Waals surface area contributed by atoms with Crippen LogP contribution in [-0.4, -0.2) is 16.9 Å². The Bertz CT molecular complexity index is 648. The van der Waals surface area contributed by atoms with Crippen molar-refractivity contribution >= 4 is 11.7 Å². The minimum atomic E-state index is -0.180. The Kier molecular flexibility index (Phi) is 7.41. The molecule has 0 spiro atoms. The summed E-state index contributed by atoms with van der Waals surface area (Å²) in [6.45, 7) is 4.37. The monoisotopic (exact) mass is 340 g/mol. The van der Waals surface area contributed by atoms with Crippen LogP contribution in [-0.2, 0) is 24.1 Å². The highest BCUT2D eigenvalue weighted by atomic mass is 16.2. The molecular formula is C20H28N4O. The number of nitrogens with one attached hydrogen (secondary N) is 2. The van der Waals surface area contributed by atoms with Gasteiger partial charge in [0.05, 0.1) is 6.42 Å². The van der Waals surface area contributed by atoms with Gasteiger partial charge in [0.2, 0.25) is 5.91 Å². The number of pyridine rings is 1. The highest BCUT2D eigenvalue weighted by Gasteiger charge is 2.05. The minimum absolute atomic E-state index is 0.180. The highest BCUT2D eigenvalue weighted by molar-refractivity contribution is 5.77. The number of rotatable bonds is 9. The van der Waals surface area contributed by atoms with Gasteiger partial charge in [0.25, 0.3) is 0 Å². The third-order valence-corrected chi connectivity index (χ3v) is 4.41. The summed E-state index contributed by atoms with van der Waals surface area (Å²) in [5, 5.41) is 3.45. The molecule has 0 aliphatic carbocycles. The number of nitrogens with two attached hydrogens (primary N) is 1. The number of aromatic nitrogens is 1. The van der Waals surface area contributed by atoms with E-state index in [1.165, 1.54) is 11.1 Å². The Morgan fingerprint density at radius 2 is 1.60 bits per heavy atom. The van der Waals surface area contributed by atoms with E-state index >= 15 is 0 Å². The van der Waals surface area contributed by atoms with Gasteiger partial charge in [-0.15, -0.1) is 0 Å². The molecule has 0 saturated carbocycles. The molecule has 134 valence electrons. The first-order valence-electron chi connectivity index (χ1n) is 8.93. The summed E-state index contributed by atoms with van der Waals surface area (Å²) < 4.78 is 0. The third kappa shape index (κ3) is 6.19. The molecule has 5 heteroatoms. The summed E-state index contributed by atoms with van der Waals surface area (Å²) in [7, 11) is 0. The first kappa shape index (κ1) is 18.9. The lowest BCUT2D eigenvalue weighted by Gasteiger charge is -2.15. The molecule has 4 N–H and O–H groups in total. The van der Waals surface area contributed by atoms with Crippen LogP contribution in [0.1, 0.15) is 43.4 Å². The summed E-state index contributed by atoms with van der Waals surface area (Å²) >= 11 is 0. The van der Waals surface area contributed by atoms with Crippen LogP contribution in [0.4, 0.5) is 5.82 Å². The van der Waals surface area contributed by atoms with Crippen LogP contribution in [0.15, 0.2) is 42.6 Å². The molecule has 0 atom stereocenters. The van der Waals surface area contributed by atoms with Crippen molar-refractivity contribution in [2.45, 2.75) is 52.0 Å². The maximum Gasteiger partial charge on any atom is 0.238 e. The van der Waals surface area contributed by atoms with Gasteiger partial charge in [-0.1, -0.05) is 44.2 Å². The molecular weight excluding hydrogens is 312 g/mol. The van der Waals surface area contributed by atoms with Crippen LogP contribution >= 0.6 is 0 Å². The Morgan fingerprint density at radius 3 is 2.16 bits per heavy atom. The smallest absolute Gasteiger partial charge is 0.238 e. The molecule has 0 radical (unpaired) electrons. The van der Waals surface area contributed by atoms with Crippen LogP contribution in [0, 0.1) is 0 Å². The zero-order valence-corrected chi connectivity index (χ0v) is 15.1. The van der Waals surface area contributed by atoms with E-state index in [9.17, 15) is 4.79 Å². The largest absolute Gasteiger partial charge is 0.367 e. The molecule has 1 aromatic carbocycles. The number of benzene rings is 1. The van der Waals surface area contributed by atoms with Gasteiger partial charge >= 0.3 is 0 Å². The van der Waals surface area contributed by atoms with Crippen molar-refractivity contribution in [2.75, 3.05) is 5.32 Å². The van der Waals surface area contributed by atoms with Crippen molar-refractivity contribution in [3.8, 4) is 0 Å². The number of hydrazine groups is 1. The topological polar surface area (TPSA) is 80.0 Å². The second kappa shape index (κ2) is 9.79. The Hall–Kier alpha value is -2.40. The zero-order chi connectivity index (χ0) is 18.1. The number of carbonyl (C=O) groups excluding carboxylic acids is 1. The van der Waals surface area contributed by atoms with Crippen LogP contribution in [0.5, 0.6) is 0 Å². The predicted molar refractivity (Wildman–Crippen MR) is 102 cm³/mol. The molecule has 1 heterocycles. The van der Waals surface area contributed by atoms with Crippen LogP contribution in [0.3, 0.4) is 0 Å². The average Bonchev–Trinajstić information content (AvgIpc) is 2.66. The molecule has 2 aromatic rings.